The zero-order valence-electron chi connectivity index (χ0n) is 13.9. The van der Waals surface area contributed by atoms with Crippen LogP contribution in [0.3, 0.4) is 0 Å². The fourth-order valence-electron chi connectivity index (χ4n) is 2.39. The van der Waals surface area contributed by atoms with Crippen molar-refractivity contribution >= 4 is 23.6 Å². The van der Waals surface area contributed by atoms with Crippen molar-refractivity contribution < 1.29 is 14.7 Å². The first-order valence-corrected chi connectivity index (χ1v) is 8.75. The van der Waals surface area contributed by atoms with E-state index >= 15 is 0 Å². The third-order valence-electron chi connectivity index (χ3n) is 3.48. The van der Waals surface area contributed by atoms with Crippen LogP contribution in [0.4, 0.5) is 0 Å². The van der Waals surface area contributed by atoms with Crippen LogP contribution in [-0.4, -0.2) is 38.3 Å². The molecule has 24 heavy (non-hydrogen) atoms. The number of rotatable bonds is 7. The van der Waals surface area contributed by atoms with Crippen molar-refractivity contribution in [2.24, 2.45) is 0 Å². The van der Waals surface area contributed by atoms with Crippen molar-refractivity contribution in [3.63, 3.8) is 0 Å². The highest BCUT2D eigenvalue weighted by atomic mass is 32.2. The molecule has 6 nitrogen and oxygen atoms in total. The van der Waals surface area contributed by atoms with Gasteiger partial charge < -0.3 is 10.4 Å². The SMILES string of the molecule is Cc1cc(C)n(-c2ccc(C(C)NC(=O)CSCC(=O)O)cc2)n1. The fraction of sp³-hybridized carbons (Fsp3) is 0.353. The number of hydrogen-bond acceptors (Lipinski definition) is 4. The second-order valence-electron chi connectivity index (χ2n) is 5.61. The number of benzene rings is 1. The van der Waals surface area contributed by atoms with E-state index in [2.05, 4.69) is 10.4 Å². The molecule has 0 aliphatic heterocycles. The highest BCUT2D eigenvalue weighted by molar-refractivity contribution is 8.00. The lowest BCUT2D eigenvalue weighted by molar-refractivity contribution is -0.133. The zero-order chi connectivity index (χ0) is 17.7. The molecule has 0 radical (unpaired) electrons. The van der Waals surface area contributed by atoms with Crippen molar-refractivity contribution in [2.75, 3.05) is 11.5 Å². The molecule has 1 amide bonds. The van der Waals surface area contributed by atoms with E-state index in [0.717, 1.165) is 34.4 Å². The number of nitrogens with one attached hydrogen (secondary N) is 1. The minimum absolute atomic E-state index is 0.0703. The molecule has 0 aliphatic carbocycles. The molecule has 0 saturated heterocycles. The van der Waals surface area contributed by atoms with E-state index in [1.807, 2.05) is 55.8 Å². The Morgan fingerprint density at radius 1 is 1.25 bits per heavy atom. The van der Waals surface area contributed by atoms with Crippen LogP contribution in [0.5, 0.6) is 0 Å². The van der Waals surface area contributed by atoms with Gasteiger partial charge in [-0.15, -0.1) is 11.8 Å². The van der Waals surface area contributed by atoms with Gasteiger partial charge in [0, 0.05) is 5.69 Å². The van der Waals surface area contributed by atoms with Gasteiger partial charge in [0.15, 0.2) is 0 Å². The van der Waals surface area contributed by atoms with E-state index in [1.165, 1.54) is 0 Å². The molecule has 1 aromatic heterocycles. The lowest BCUT2D eigenvalue weighted by Gasteiger charge is -2.15. The number of carbonyl (C=O) groups excluding carboxylic acids is 1. The Kier molecular flexibility index (Phi) is 6.03. The normalized spacial score (nSPS) is 12.0. The maximum absolute atomic E-state index is 11.8. The number of aryl methyl sites for hydroxylation is 2. The number of thioether (sulfide) groups is 1. The summed E-state index contributed by atoms with van der Waals surface area (Å²) in [7, 11) is 0. The summed E-state index contributed by atoms with van der Waals surface area (Å²) in [6, 6.07) is 9.73. The Labute approximate surface area is 145 Å². The molecule has 128 valence electrons. The first-order chi connectivity index (χ1) is 11.4. The van der Waals surface area contributed by atoms with Gasteiger partial charge in [0.05, 0.1) is 28.9 Å². The second-order valence-corrected chi connectivity index (χ2v) is 6.59. The van der Waals surface area contributed by atoms with Crippen molar-refractivity contribution in [3.8, 4) is 5.69 Å². The van der Waals surface area contributed by atoms with Gasteiger partial charge in [0.2, 0.25) is 5.91 Å². The van der Waals surface area contributed by atoms with Crippen molar-refractivity contribution in [3.05, 3.63) is 47.3 Å². The summed E-state index contributed by atoms with van der Waals surface area (Å²) in [4.78, 5) is 22.2. The summed E-state index contributed by atoms with van der Waals surface area (Å²) in [6.45, 7) is 5.86. The van der Waals surface area contributed by atoms with E-state index in [1.54, 1.807) is 0 Å². The van der Waals surface area contributed by atoms with Crippen LogP contribution >= 0.6 is 11.8 Å². The molecule has 7 heteroatoms. The van der Waals surface area contributed by atoms with Gasteiger partial charge in [0.1, 0.15) is 0 Å². The molecule has 0 spiro atoms. The van der Waals surface area contributed by atoms with Crippen molar-refractivity contribution in [1.29, 1.82) is 0 Å². The van der Waals surface area contributed by atoms with Gasteiger partial charge in [-0.1, -0.05) is 12.1 Å². The van der Waals surface area contributed by atoms with Crippen LogP contribution in [0.1, 0.15) is 29.9 Å². The number of aliphatic carboxylic acids is 1. The molecule has 1 atom stereocenters. The first-order valence-electron chi connectivity index (χ1n) is 7.59. The minimum atomic E-state index is -0.916. The molecular weight excluding hydrogens is 326 g/mol. The van der Waals surface area contributed by atoms with E-state index in [-0.39, 0.29) is 23.5 Å². The molecule has 0 fully saturated rings. The van der Waals surface area contributed by atoms with Crippen molar-refractivity contribution in [2.45, 2.75) is 26.8 Å². The van der Waals surface area contributed by atoms with Crippen LogP contribution in [0.15, 0.2) is 30.3 Å². The molecular formula is C17H21N3O3S. The Morgan fingerprint density at radius 3 is 2.46 bits per heavy atom. The number of carboxylic acids is 1. The van der Waals surface area contributed by atoms with E-state index in [4.69, 9.17) is 5.11 Å². The first kappa shape index (κ1) is 18.1. The van der Waals surface area contributed by atoms with E-state index < -0.39 is 5.97 Å². The monoisotopic (exact) mass is 347 g/mol. The summed E-state index contributed by atoms with van der Waals surface area (Å²) < 4.78 is 1.88. The number of amides is 1. The average Bonchev–Trinajstić information content (AvgIpc) is 2.85. The number of carbonyl (C=O) groups is 2. The summed E-state index contributed by atoms with van der Waals surface area (Å²) >= 11 is 1.09. The molecule has 2 rings (SSSR count). The van der Waals surface area contributed by atoms with Gasteiger partial charge in [-0.05, 0) is 44.5 Å². The van der Waals surface area contributed by atoms with Crippen LogP contribution < -0.4 is 5.32 Å². The predicted molar refractivity (Wildman–Crippen MR) is 94.6 cm³/mol. The quantitative estimate of drug-likeness (QED) is 0.804. The second kappa shape index (κ2) is 8.01. The molecule has 1 unspecified atom stereocenters. The standard InChI is InChI=1S/C17H21N3O3S/c1-11-8-12(2)20(19-11)15-6-4-14(5-7-15)13(3)18-16(21)9-24-10-17(22)23/h4-8,13H,9-10H2,1-3H3,(H,18,21)(H,22,23). The number of aromatic nitrogens is 2. The molecule has 0 bridgehead atoms. The third-order valence-corrected chi connectivity index (χ3v) is 4.40. The molecule has 1 aromatic carbocycles. The smallest absolute Gasteiger partial charge is 0.313 e. The maximum atomic E-state index is 11.8. The average molecular weight is 347 g/mol. The topological polar surface area (TPSA) is 84.2 Å². The summed E-state index contributed by atoms with van der Waals surface area (Å²) in [5.41, 5.74) is 3.99. The van der Waals surface area contributed by atoms with Crippen LogP contribution in [-0.2, 0) is 9.59 Å². The Balaban J connectivity index is 1.96. The van der Waals surface area contributed by atoms with Crippen molar-refractivity contribution in [1.82, 2.24) is 15.1 Å². The highest BCUT2D eigenvalue weighted by Gasteiger charge is 2.11. The Bertz CT molecular complexity index is 725. The van der Waals surface area contributed by atoms with Gasteiger partial charge in [-0.2, -0.15) is 5.10 Å². The largest absolute Gasteiger partial charge is 0.481 e. The number of carboxylic acid groups (broad SMARTS) is 1. The van der Waals surface area contributed by atoms with E-state index in [9.17, 15) is 9.59 Å². The predicted octanol–water partition coefficient (Wildman–Crippen LogP) is 2.48. The van der Waals surface area contributed by atoms with Crippen LogP contribution in [0, 0.1) is 13.8 Å². The summed E-state index contributed by atoms with van der Waals surface area (Å²) in [5.74, 6) is -1.02. The Morgan fingerprint density at radius 2 is 1.92 bits per heavy atom. The lowest BCUT2D eigenvalue weighted by Crippen LogP contribution is -2.28. The van der Waals surface area contributed by atoms with Crippen LogP contribution in [0.2, 0.25) is 0 Å². The third kappa shape index (κ3) is 4.86. The highest BCUT2D eigenvalue weighted by Crippen LogP contribution is 2.17. The minimum Gasteiger partial charge on any atom is -0.481 e. The maximum Gasteiger partial charge on any atom is 0.313 e. The van der Waals surface area contributed by atoms with Gasteiger partial charge in [0.25, 0.3) is 0 Å². The van der Waals surface area contributed by atoms with Gasteiger partial charge >= 0.3 is 5.97 Å². The van der Waals surface area contributed by atoms with Gasteiger partial charge in [-0.3, -0.25) is 9.59 Å². The molecule has 1 heterocycles. The molecule has 0 saturated carbocycles. The summed E-state index contributed by atoms with van der Waals surface area (Å²) in [5, 5.41) is 15.9. The summed E-state index contributed by atoms with van der Waals surface area (Å²) in [6.07, 6.45) is 0. The molecule has 2 N–H and O–H groups in total. The van der Waals surface area contributed by atoms with Gasteiger partial charge in [-0.25, -0.2) is 4.68 Å². The zero-order valence-corrected chi connectivity index (χ0v) is 14.8. The molecule has 0 aliphatic rings. The number of nitrogens with zero attached hydrogens (tertiary/aromatic N) is 2. The lowest BCUT2D eigenvalue weighted by atomic mass is 10.1. The fourth-order valence-corrected chi connectivity index (χ4v) is 2.94. The number of hydrogen-bond donors (Lipinski definition) is 2. The van der Waals surface area contributed by atoms with E-state index in [0.29, 0.717) is 0 Å². The Hall–Kier alpha value is -2.28. The molecule has 2 aromatic rings. The van der Waals surface area contributed by atoms with Crippen LogP contribution in [0.25, 0.3) is 5.69 Å².